The van der Waals surface area contributed by atoms with Crippen LogP contribution in [-0.4, -0.2) is 233 Å². The number of benzene rings is 2. The maximum atomic E-state index is 14.8. The predicted molar refractivity (Wildman–Crippen MR) is 224 cm³/mol. The summed E-state index contributed by atoms with van der Waals surface area (Å²) in [5.41, 5.74) is 1.63. The molecule has 70 heavy (non-hydrogen) atoms. The van der Waals surface area contributed by atoms with Crippen LogP contribution in [0, 0.1) is 0 Å². The average Bonchev–Trinajstić information content (AvgIpc) is 3.34. The molecule has 4 heterocycles. The molecule has 15 N–H and O–H groups in total. The Morgan fingerprint density at radius 3 is 1.84 bits per heavy atom. The van der Waals surface area contributed by atoms with Crippen LogP contribution in [0.3, 0.4) is 0 Å². The molecule has 2 aromatic carbocycles. The van der Waals surface area contributed by atoms with Crippen LogP contribution in [0.5, 0.6) is 17.2 Å². The number of hydrogen-bond acceptors (Lipinski definition) is 26. The Bertz CT molecular complexity index is 2280. The van der Waals surface area contributed by atoms with E-state index in [1.54, 1.807) is 0 Å². The Kier molecular flexibility index (Phi) is 15.4. The van der Waals surface area contributed by atoms with Gasteiger partial charge in [0, 0.05) is 42.0 Å². The van der Waals surface area contributed by atoms with Crippen LogP contribution in [0.25, 0.3) is 0 Å². The number of carbonyl (C=O) groups excluding carboxylic acids is 3. The Balaban J connectivity index is 1.25. The van der Waals surface area contributed by atoms with Gasteiger partial charge in [0.15, 0.2) is 30.4 Å². The minimum atomic E-state index is -2.34. The van der Waals surface area contributed by atoms with E-state index in [1.807, 2.05) is 0 Å². The number of aromatic hydroxyl groups is 1. The van der Waals surface area contributed by atoms with Crippen molar-refractivity contribution in [2.45, 2.75) is 148 Å². The number of aliphatic hydroxyl groups is 12. The quantitative estimate of drug-likeness (QED) is 0.0757. The molecule has 388 valence electrons. The van der Waals surface area contributed by atoms with E-state index < -0.39 is 202 Å². The van der Waals surface area contributed by atoms with Crippen LogP contribution >= 0.6 is 0 Å². The molecule has 0 amide bonds. The van der Waals surface area contributed by atoms with Gasteiger partial charge in [-0.25, -0.2) is 0 Å². The number of fused-ring (bicyclic) bond motifs is 3. The summed E-state index contributed by atoms with van der Waals surface area (Å²) in [7, 11) is 1.23. The molecular weight excluding hydrogens is 942 g/mol. The van der Waals surface area contributed by atoms with Gasteiger partial charge in [-0.05, 0) is 13.0 Å². The number of hydrogen-bond donors (Lipinski definition) is 14. The highest BCUT2D eigenvalue weighted by molar-refractivity contribution is 6.31. The van der Waals surface area contributed by atoms with Crippen molar-refractivity contribution in [1.29, 1.82) is 0 Å². The maximum absolute atomic E-state index is 14.8. The molecule has 0 spiro atoms. The summed E-state index contributed by atoms with van der Waals surface area (Å²) < 4.78 is 53.1. The lowest BCUT2D eigenvalue weighted by Gasteiger charge is -2.47. The highest BCUT2D eigenvalue weighted by Crippen LogP contribution is 2.54. The van der Waals surface area contributed by atoms with Gasteiger partial charge in [0.05, 0.1) is 62.4 Å². The summed E-state index contributed by atoms with van der Waals surface area (Å²) >= 11 is 0. The fourth-order valence-electron chi connectivity index (χ4n) is 9.78. The molecule has 0 bridgehead atoms. The van der Waals surface area contributed by atoms with Crippen molar-refractivity contribution in [2.24, 2.45) is 5.73 Å². The van der Waals surface area contributed by atoms with E-state index in [2.05, 4.69) is 0 Å². The summed E-state index contributed by atoms with van der Waals surface area (Å²) in [5.74, 6) is -4.43. The van der Waals surface area contributed by atoms with Crippen LogP contribution in [0.2, 0.25) is 0 Å². The van der Waals surface area contributed by atoms with Crippen molar-refractivity contribution < 1.29 is 123 Å². The molecule has 4 saturated heterocycles. The van der Waals surface area contributed by atoms with Gasteiger partial charge in [0.1, 0.15) is 96.1 Å². The molecule has 8 rings (SSSR count). The first-order valence-corrected chi connectivity index (χ1v) is 22.3. The van der Waals surface area contributed by atoms with Crippen LogP contribution in [0.1, 0.15) is 68.8 Å². The van der Waals surface area contributed by atoms with Gasteiger partial charge in [-0.2, -0.15) is 0 Å². The predicted octanol–water partition coefficient (Wildman–Crippen LogP) is -6.24. The monoisotopic (exact) mass is 999 g/mol. The summed E-state index contributed by atoms with van der Waals surface area (Å²) in [6.07, 6.45) is -33.3. The molecule has 26 nitrogen and oxygen atoms in total. The molecule has 0 radical (unpaired) electrons. The van der Waals surface area contributed by atoms with E-state index in [1.165, 1.54) is 25.3 Å². The summed E-state index contributed by atoms with van der Waals surface area (Å²) in [4.78, 5) is 43.8. The highest BCUT2D eigenvalue weighted by Gasteiger charge is 2.56. The third-order valence-electron chi connectivity index (χ3n) is 13.8. The van der Waals surface area contributed by atoms with Gasteiger partial charge in [0.25, 0.3) is 0 Å². The van der Waals surface area contributed by atoms with Crippen LogP contribution in [0.4, 0.5) is 0 Å². The number of carbonyl (C=O) groups is 3. The van der Waals surface area contributed by atoms with Crippen molar-refractivity contribution in [3.8, 4) is 17.2 Å². The number of rotatable bonds is 13. The molecule has 0 aromatic heterocycles. The standard InChI is InChI=1S/C44H57NO25/c1-13(49)44(70-43-39(61)36(58)31(53)21(11-48)67-43)7-15-25(18(8-44)64-23-6-16(45)22(12-63-23)68-41-37(59)34(56)29(51)19(9-46)65-41)33(55)26-27(28(50)14-4-3-5-17(62-2)24(14)32(26)54)40(15)69-42-38(60)35(57)30(52)20(10-47)66-42/h3-5,16,18-23,29-31,34-39,41-43,46-48,51-53,55-61H,6-12,45H2,1-2H3/t16?,18?,19?,20?,21?,22?,23?,29?,30?,31?,34?,35?,36?,37?,38?,39?,41?,42?,43?,44-/m0/s1. The zero-order chi connectivity index (χ0) is 50.8. The van der Waals surface area contributed by atoms with Crippen molar-refractivity contribution in [1.82, 2.24) is 0 Å². The summed E-state index contributed by atoms with van der Waals surface area (Å²) in [5, 5.41) is 138. The number of phenolic OH excluding ortho intramolecular Hbond substituents is 1. The number of ether oxygens (including phenoxy) is 9. The number of Topliss-reactive ketones (excluding diaryl/α,β-unsaturated/α-hetero) is 1. The molecule has 4 fully saturated rings. The SMILES string of the molecule is COc1cccc2c1C(=O)c1c(O)c3c(c(OC4OC(CO)C(O)C(O)C4O)c1C2=O)C[C@@](OC1OC(CO)C(O)C(O)C1O)(C(C)=O)CC3OC1CC(N)C(OC2OC(CO)C(O)C(O)C2O)CO1. The lowest BCUT2D eigenvalue weighted by molar-refractivity contribution is -0.331. The second kappa shape index (κ2) is 20.5. The lowest BCUT2D eigenvalue weighted by Crippen LogP contribution is -2.62. The number of aliphatic hydroxyl groups excluding tert-OH is 12. The fraction of sp³-hybridized carbons (Fsp3) is 0.659. The molecule has 20 atom stereocenters. The van der Waals surface area contributed by atoms with Crippen molar-refractivity contribution in [2.75, 3.05) is 33.5 Å². The van der Waals surface area contributed by atoms with E-state index in [9.17, 15) is 80.8 Å². The molecule has 26 heteroatoms. The maximum Gasteiger partial charge on any atom is 0.229 e. The van der Waals surface area contributed by atoms with E-state index >= 15 is 0 Å². The summed E-state index contributed by atoms with van der Waals surface area (Å²) in [6.45, 7) is -1.94. The van der Waals surface area contributed by atoms with Crippen LogP contribution in [-0.2, 0) is 44.4 Å². The molecule has 2 aromatic rings. The minimum Gasteiger partial charge on any atom is -0.507 e. The topological polar surface area (TPSA) is 423 Å². The van der Waals surface area contributed by atoms with Crippen LogP contribution < -0.4 is 15.2 Å². The normalized spacial score (nSPS) is 40.8. The van der Waals surface area contributed by atoms with E-state index in [0.29, 0.717) is 0 Å². The highest BCUT2D eigenvalue weighted by atomic mass is 16.7. The van der Waals surface area contributed by atoms with Crippen molar-refractivity contribution in [3.63, 3.8) is 0 Å². The zero-order valence-corrected chi connectivity index (χ0v) is 37.4. The van der Waals surface area contributed by atoms with Gasteiger partial charge >= 0.3 is 0 Å². The van der Waals surface area contributed by atoms with Crippen molar-refractivity contribution in [3.05, 3.63) is 51.6 Å². The smallest absolute Gasteiger partial charge is 0.229 e. The fourth-order valence-corrected chi connectivity index (χ4v) is 9.78. The lowest BCUT2D eigenvalue weighted by atomic mass is 9.71. The first kappa shape index (κ1) is 52.4. The Labute approximate surface area is 396 Å². The second-order valence-electron chi connectivity index (χ2n) is 18.1. The zero-order valence-electron chi connectivity index (χ0n) is 37.4. The number of ketones is 3. The van der Waals surface area contributed by atoms with Gasteiger partial charge in [0.2, 0.25) is 12.1 Å². The van der Waals surface area contributed by atoms with E-state index in [4.69, 9.17) is 48.4 Å². The van der Waals surface area contributed by atoms with Gasteiger partial charge in [-0.15, -0.1) is 0 Å². The summed E-state index contributed by atoms with van der Waals surface area (Å²) in [6, 6.07) is 3.01. The molecular formula is C44H57NO25. The minimum absolute atomic E-state index is 0.0728. The van der Waals surface area contributed by atoms with Crippen molar-refractivity contribution >= 4 is 17.3 Å². The average molecular weight is 1000 g/mol. The Morgan fingerprint density at radius 1 is 0.729 bits per heavy atom. The first-order chi connectivity index (χ1) is 33.2. The largest absolute Gasteiger partial charge is 0.507 e. The first-order valence-electron chi connectivity index (χ1n) is 22.3. The number of nitrogens with two attached hydrogens (primary N) is 1. The Morgan fingerprint density at radius 2 is 1.29 bits per heavy atom. The third kappa shape index (κ3) is 9.02. The molecule has 0 saturated carbocycles. The van der Waals surface area contributed by atoms with E-state index in [-0.39, 0.29) is 34.4 Å². The number of methoxy groups -OCH3 is 1. The molecule has 2 aliphatic carbocycles. The Hall–Kier alpha value is -3.95. The van der Waals surface area contributed by atoms with E-state index in [0.717, 1.165) is 6.92 Å². The van der Waals surface area contributed by atoms with Gasteiger partial charge in [-0.1, -0.05) is 12.1 Å². The van der Waals surface area contributed by atoms with Crippen LogP contribution in [0.15, 0.2) is 18.2 Å². The molecule has 4 aliphatic heterocycles. The third-order valence-corrected chi connectivity index (χ3v) is 13.8. The molecule has 19 unspecified atom stereocenters. The number of phenols is 1. The van der Waals surface area contributed by atoms with Gasteiger partial charge < -0.3 is 115 Å². The van der Waals surface area contributed by atoms with Gasteiger partial charge in [-0.3, -0.25) is 14.4 Å². The molecule has 6 aliphatic rings. The second-order valence-corrected chi connectivity index (χ2v) is 18.1.